The maximum atomic E-state index is 4.34. The summed E-state index contributed by atoms with van der Waals surface area (Å²) in [6, 6.07) is 10.4. The minimum absolute atomic E-state index is 0.859. The van der Waals surface area contributed by atoms with Gasteiger partial charge in [-0.25, -0.2) is 0 Å². The fourth-order valence-electron chi connectivity index (χ4n) is 1.91. The van der Waals surface area contributed by atoms with E-state index in [2.05, 4.69) is 52.9 Å². The topological polar surface area (TPSA) is 30.7 Å². The van der Waals surface area contributed by atoms with Gasteiger partial charge in [-0.2, -0.15) is 0 Å². The van der Waals surface area contributed by atoms with Crippen LogP contribution in [0.3, 0.4) is 0 Å². The van der Waals surface area contributed by atoms with Crippen LogP contribution < -0.4 is 0 Å². The van der Waals surface area contributed by atoms with Crippen LogP contribution in [0.1, 0.15) is 31.7 Å². The summed E-state index contributed by atoms with van der Waals surface area (Å²) in [6.07, 6.45) is 1.97. The van der Waals surface area contributed by atoms with E-state index in [9.17, 15) is 0 Å². The van der Waals surface area contributed by atoms with E-state index in [-0.39, 0.29) is 0 Å². The number of aromatic nitrogens is 3. The molecule has 0 saturated heterocycles. The molecular weight excluding hydrogens is 242 g/mol. The molecule has 0 aliphatic rings. The zero-order valence-electron chi connectivity index (χ0n) is 11.0. The third kappa shape index (κ3) is 3.13. The van der Waals surface area contributed by atoms with Crippen LogP contribution in [0, 0.1) is 0 Å². The van der Waals surface area contributed by atoms with Crippen LogP contribution in [0.25, 0.3) is 0 Å². The molecule has 96 valence electrons. The first-order valence-electron chi connectivity index (χ1n) is 6.44. The van der Waals surface area contributed by atoms with Crippen LogP contribution in [-0.4, -0.2) is 20.5 Å². The first-order chi connectivity index (χ1) is 8.85. The maximum Gasteiger partial charge on any atom is 0.191 e. The molecule has 3 nitrogen and oxygen atoms in total. The second-order valence-electron chi connectivity index (χ2n) is 4.15. The van der Waals surface area contributed by atoms with E-state index in [0.29, 0.717) is 0 Å². The van der Waals surface area contributed by atoms with Crippen LogP contribution in [0.15, 0.2) is 35.5 Å². The van der Waals surface area contributed by atoms with Gasteiger partial charge >= 0.3 is 0 Å². The fourth-order valence-corrected chi connectivity index (χ4v) is 2.62. The molecular formula is C14H19N3S. The Bertz CT molecular complexity index is 479. The van der Waals surface area contributed by atoms with E-state index in [1.165, 1.54) is 5.56 Å². The Balaban J connectivity index is 2.21. The van der Waals surface area contributed by atoms with Gasteiger partial charge < -0.3 is 4.57 Å². The predicted molar refractivity (Wildman–Crippen MR) is 76.0 cm³/mol. The molecule has 0 aliphatic heterocycles. The largest absolute Gasteiger partial charge is 0.306 e. The lowest BCUT2D eigenvalue weighted by Crippen LogP contribution is -2.05. The van der Waals surface area contributed by atoms with Crippen molar-refractivity contribution >= 4 is 11.8 Å². The number of hydrogen-bond acceptors (Lipinski definition) is 3. The minimum Gasteiger partial charge on any atom is -0.306 e. The first-order valence-corrected chi connectivity index (χ1v) is 7.42. The van der Waals surface area contributed by atoms with E-state index >= 15 is 0 Å². The van der Waals surface area contributed by atoms with Gasteiger partial charge in [0, 0.05) is 13.0 Å². The quantitative estimate of drug-likeness (QED) is 0.747. The number of rotatable bonds is 6. The molecule has 0 atom stereocenters. The average molecular weight is 261 g/mol. The van der Waals surface area contributed by atoms with Gasteiger partial charge in [-0.05, 0) is 17.7 Å². The van der Waals surface area contributed by atoms with Gasteiger partial charge in [0.25, 0.3) is 0 Å². The highest BCUT2D eigenvalue weighted by molar-refractivity contribution is 7.99. The van der Waals surface area contributed by atoms with Crippen molar-refractivity contribution in [3.8, 4) is 0 Å². The summed E-state index contributed by atoms with van der Waals surface area (Å²) in [6.45, 7) is 5.33. The molecule has 0 radical (unpaired) electrons. The second kappa shape index (κ2) is 6.59. The van der Waals surface area contributed by atoms with Gasteiger partial charge in [0.2, 0.25) is 0 Å². The van der Waals surface area contributed by atoms with Gasteiger partial charge in [0.1, 0.15) is 5.82 Å². The smallest absolute Gasteiger partial charge is 0.191 e. The summed E-state index contributed by atoms with van der Waals surface area (Å²) < 4.78 is 2.25. The molecule has 0 unspecified atom stereocenters. The Morgan fingerprint density at radius 2 is 1.89 bits per heavy atom. The van der Waals surface area contributed by atoms with E-state index in [4.69, 9.17) is 0 Å². The van der Waals surface area contributed by atoms with E-state index in [1.54, 1.807) is 11.8 Å². The maximum absolute atomic E-state index is 4.34. The van der Waals surface area contributed by atoms with Crippen molar-refractivity contribution in [3.63, 3.8) is 0 Å². The molecule has 0 bridgehead atoms. The van der Waals surface area contributed by atoms with Crippen molar-refractivity contribution in [1.82, 2.24) is 14.8 Å². The highest BCUT2D eigenvalue weighted by Gasteiger charge is 2.11. The Kier molecular flexibility index (Phi) is 4.81. The highest BCUT2D eigenvalue weighted by atomic mass is 32.2. The lowest BCUT2D eigenvalue weighted by molar-refractivity contribution is 0.598. The highest BCUT2D eigenvalue weighted by Crippen LogP contribution is 2.18. The fraction of sp³-hybridized carbons (Fsp3) is 0.429. The zero-order valence-corrected chi connectivity index (χ0v) is 11.8. The molecule has 0 amide bonds. The summed E-state index contributed by atoms with van der Waals surface area (Å²) in [5.41, 5.74) is 1.29. The first kappa shape index (κ1) is 13.1. The van der Waals surface area contributed by atoms with Gasteiger partial charge in [0.15, 0.2) is 5.16 Å². The average Bonchev–Trinajstić information content (AvgIpc) is 2.75. The van der Waals surface area contributed by atoms with Crippen molar-refractivity contribution in [2.75, 3.05) is 5.75 Å². The molecule has 0 N–H and O–H groups in total. The predicted octanol–water partition coefficient (Wildman–Crippen LogP) is 3.39. The van der Waals surface area contributed by atoms with Gasteiger partial charge in [-0.3, -0.25) is 0 Å². The van der Waals surface area contributed by atoms with Gasteiger partial charge in [-0.15, -0.1) is 10.2 Å². The zero-order chi connectivity index (χ0) is 12.8. The van der Waals surface area contributed by atoms with Crippen LogP contribution in [0.2, 0.25) is 0 Å². The van der Waals surface area contributed by atoms with Crippen molar-refractivity contribution in [2.45, 2.75) is 38.4 Å². The molecule has 0 saturated carbocycles. The molecule has 1 heterocycles. The van der Waals surface area contributed by atoms with Crippen LogP contribution in [0.5, 0.6) is 0 Å². The molecule has 0 fully saturated rings. The molecule has 4 heteroatoms. The Hall–Kier alpha value is -1.29. The Morgan fingerprint density at radius 3 is 2.56 bits per heavy atom. The second-order valence-corrected chi connectivity index (χ2v) is 5.38. The Labute approximate surface area is 113 Å². The summed E-state index contributed by atoms with van der Waals surface area (Å²) in [7, 11) is 0. The lowest BCUT2D eigenvalue weighted by Gasteiger charge is -2.08. The van der Waals surface area contributed by atoms with E-state index in [0.717, 1.165) is 36.1 Å². The number of hydrogen-bond donors (Lipinski definition) is 0. The van der Waals surface area contributed by atoms with E-state index in [1.807, 2.05) is 6.07 Å². The normalized spacial score (nSPS) is 10.8. The van der Waals surface area contributed by atoms with Crippen LogP contribution in [-0.2, 0) is 13.0 Å². The van der Waals surface area contributed by atoms with Crippen molar-refractivity contribution < 1.29 is 0 Å². The third-order valence-corrected chi connectivity index (χ3v) is 3.57. The number of nitrogens with zero attached hydrogens (tertiary/aromatic N) is 3. The summed E-state index contributed by atoms with van der Waals surface area (Å²) >= 11 is 1.76. The van der Waals surface area contributed by atoms with Crippen LogP contribution >= 0.6 is 11.8 Å². The molecule has 2 aromatic rings. The monoisotopic (exact) mass is 261 g/mol. The van der Waals surface area contributed by atoms with E-state index < -0.39 is 0 Å². The van der Waals surface area contributed by atoms with Crippen molar-refractivity contribution in [1.29, 1.82) is 0 Å². The Morgan fingerprint density at radius 1 is 1.11 bits per heavy atom. The minimum atomic E-state index is 0.859. The molecule has 1 aromatic heterocycles. The molecule has 2 rings (SSSR count). The molecule has 0 spiro atoms. The summed E-state index contributed by atoms with van der Waals surface area (Å²) in [4.78, 5) is 0. The standard InChI is InChI=1S/C14H19N3S/c1-3-10-17-13(15-16-14(17)18-4-2)11-12-8-6-5-7-9-12/h5-9H,3-4,10-11H2,1-2H3. The van der Waals surface area contributed by atoms with Crippen molar-refractivity contribution in [3.05, 3.63) is 41.7 Å². The molecule has 0 aliphatic carbocycles. The van der Waals surface area contributed by atoms with Crippen molar-refractivity contribution in [2.24, 2.45) is 0 Å². The third-order valence-electron chi connectivity index (χ3n) is 2.72. The van der Waals surface area contributed by atoms with Crippen LogP contribution in [0.4, 0.5) is 0 Å². The summed E-state index contributed by atoms with van der Waals surface area (Å²) in [5, 5.41) is 9.68. The molecule has 1 aromatic carbocycles. The SMILES string of the molecule is CCCn1c(Cc2ccccc2)nnc1SCC. The molecule has 18 heavy (non-hydrogen) atoms. The summed E-state index contributed by atoms with van der Waals surface area (Å²) in [5.74, 6) is 2.10. The van der Waals surface area contributed by atoms with Gasteiger partial charge in [0.05, 0.1) is 0 Å². The number of thioether (sulfide) groups is 1. The van der Waals surface area contributed by atoms with Gasteiger partial charge in [-0.1, -0.05) is 55.9 Å². The lowest BCUT2D eigenvalue weighted by atomic mass is 10.1. The number of benzene rings is 1.